The van der Waals surface area contributed by atoms with Crippen molar-refractivity contribution in [2.24, 2.45) is 0 Å². The van der Waals surface area contributed by atoms with E-state index in [0.717, 1.165) is 25.9 Å². The van der Waals surface area contributed by atoms with Crippen molar-refractivity contribution in [3.05, 3.63) is 0 Å². The molecule has 5 heteroatoms. The second-order valence-corrected chi connectivity index (χ2v) is 6.22. The Kier molecular flexibility index (Phi) is 3.82. The Balaban J connectivity index is 1.78. The summed E-state index contributed by atoms with van der Waals surface area (Å²) < 4.78 is 5.35. The van der Waals surface area contributed by atoms with Crippen LogP contribution in [0.1, 0.15) is 33.6 Å². The van der Waals surface area contributed by atoms with Gasteiger partial charge in [-0.25, -0.2) is 4.79 Å². The molecule has 1 heterocycles. The van der Waals surface area contributed by atoms with E-state index in [9.17, 15) is 9.90 Å². The number of carbonyl (C=O) groups is 1. The first-order valence-corrected chi connectivity index (χ1v) is 6.77. The molecule has 0 aromatic heterocycles. The van der Waals surface area contributed by atoms with Crippen LogP contribution in [0, 0.1) is 0 Å². The Labute approximate surface area is 109 Å². The lowest BCUT2D eigenvalue weighted by Gasteiger charge is -2.45. The highest BCUT2D eigenvalue weighted by Crippen LogP contribution is 2.26. The number of hydrogen-bond donors (Lipinski definition) is 1. The van der Waals surface area contributed by atoms with Crippen molar-refractivity contribution >= 4 is 6.09 Å². The normalized spacial score (nSPS) is 29.9. The number of carbonyl (C=O) groups excluding carboxylic acids is 1. The summed E-state index contributed by atoms with van der Waals surface area (Å²) in [7, 11) is 0. The minimum Gasteiger partial charge on any atom is -0.444 e. The van der Waals surface area contributed by atoms with Gasteiger partial charge >= 0.3 is 6.09 Å². The van der Waals surface area contributed by atoms with E-state index >= 15 is 0 Å². The Bertz CT molecular complexity index is 306. The first-order chi connectivity index (χ1) is 8.37. The molecule has 104 valence electrons. The van der Waals surface area contributed by atoms with E-state index in [2.05, 4.69) is 4.90 Å². The van der Waals surface area contributed by atoms with Crippen molar-refractivity contribution < 1.29 is 14.6 Å². The Morgan fingerprint density at radius 3 is 2.17 bits per heavy atom. The van der Waals surface area contributed by atoms with Gasteiger partial charge in [0.1, 0.15) is 5.60 Å². The number of nitrogens with zero attached hydrogens (tertiary/aromatic N) is 2. The van der Waals surface area contributed by atoms with Crippen LogP contribution >= 0.6 is 0 Å². The smallest absolute Gasteiger partial charge is 0.410 e. The van der Waals surface area contributed by atoms with Crippen LogP contribution in [0.5, 0.6) is 0 Å². The fraction of sp³-hybridized carbons (Fsp3) is 0.923. The molecule has 1 aliphatic heterocycles. The number of amides is 1. The Morgan fingerprint density at radius 1 is 1.17 bits per heavy atom. The predicted molar refractivity (Wildman–Crippen MR) is 68.4 cm³/mol. The molecule has 5 nitrogen and oxygen atoms in total. The van der Waals surface area contributed by atoms with Gasteiger partial charge in [0.05, 0.1) is 6.10 Å². The van der Waals surface area contributed by atoms with Gasteiger partial charge in [-0.05, 0) is 33.6 Å². The highest BCUT2D eigenvalue weighted by atomic mass is 16.6. The summed E-state index contributed by atoms with van der Waals surface area (Å²) in [6, 6.07) is 0.311. The Hall–Kier alpha value is -0.810. The summed E-state index contributed by atoms with van der Waals surface area (Å²) in [5, 5.41) is 9.64. The minimum absolute atomic E-state index is 0.168. The number of rotatable bonds is 1. The summed E-state index contributed by atoms with van der Waals surface area (Å²) in [6.07, 6.45) is 1.60. The second-order valence-electron chi connectivity index (χ2n) is 6.22. The second kappa shape index (κ2) is 5.05. The molecule has 1 unspecified atom stereocenters. The number of hydrogen-bond acceptors (Lipinski definition) is 4. The van der Waals surface area contributed by atoms with E-state index in [1.165, 1.54) is 0 Å². The van der Waals surface area contributed by atoms with Crippen LogP contribution in [0.2, 0.25) is 0 Å². The maximum Gasteiger partial charge on any atom is 0.410 e. The lowest BCUT2D eigenvalue weighted by atomic mass is 9.87. The molecular formula is C13H24N2O3. The average Bonchev–Trinajstić information content (AvgIpc) is 2.25. The summed E-state index contributed by atoms with van der Waals surface area (Å²) in [6.45, 7) is 8.70. The molecule has 0 radical (unpaired) electrons. The third-order valence-electron chi connectivity index (χ3n) is 3.64. The zero-order valence-electron chi connectivity index (χ0n) is 11.6. The van der Waals surface area contributed by atoms with Crippen LogP contribution in [-0.2, 0) is 4.74 Å². The van der Waals surface area contributed by atoms with Gasteiger partial charge in [-0.15, -0.1) is 0 Å². The quantitative estimate of drug-likeness (QED) is 0.762. The summed E-state index contributed by atoms with van der Waals surface area (Å²) in [4.78, 5) is 15.9. The number of aliphatic hydroxyl groups excluding tert-OH is 1. The van der Waals surface area contributed by atoms with Crippen LogP contribution in [0.3, 0.4) is 0 Å². The van der Waals surface area contributed by atoms with Crippen molar-refractivity contribution in [1.82, 2.24) is 9.80 Å². The number of piperazine rings is 1. The minimum atomic E-state index is -0.432. The number of ether oxygens (including phenoxy) is 1. The SMILES string of the molecule is CC(C)(C)OC(=O)N1CCN([C@H]2CCC2O)CC1. The zero-order chi connectivity index (χ0) is 13.3. The van der Waals surface area contributed by atoms with Crippen LogP contribution in [0.15, 0.2) is 0 Å². The molecule has 1 amide bonds. The molecule has 1 saturated carbocycles. The van der Waals surface area contributed by atoms with Crippen LogP contribution in [0.25, 0.3) is 0 Å². The van der Waals surface area contributed by atoms with Gasteiger partial charge in [-0.3, -0.25) is 4.90 Å². The van der Waals surface area contributed by atoms with E-state index in [4.69, 9.17) is 4.74 Å². The van der Waals surface area contributed by atoms with E-state index < -0.39 is 5.60 Å². The molecule has 0 spiro atoms. The molecule has 1 aliphatic carbocycles. The van der Waals surface area contributed by atoms with E-state index in [1.54, 1.807) is 4.90 Å². The van der Waals surface area contributed by atoms with Gasteiger partial charge in [0, 0.05) is 32.2 Å². The molecule has 1 N–H and O–H groups in total. The molecule has 0 aromatic carbocycles. The van der Waals surface area contributed by atoms with E-state index in [-0.39, 0.29) is 12.2 Å². The van der Waals surface area contributed by atoms with Gasteiger partial charge in [0.15, 0.2) is 0 Å². The van der Waals surface area contributed by atoms with Crippen molar-refractivity contribution in [2.75, 3.05) is 26.2 Å². The Morgan fingerprint density at radius 2 is 1.78 bits per heavy atom. The fourth-order valence-electron chi connectivity index (χ4n) is 2.45. The summed E-state index contributed by atoms with van der Waals surface area (Å²) in [5.41, 5.74) is -0.432. The third-order valence-corrected chi connectivity index (χ3v) is 3.64. The monoisotopic (exact) mass is 256 g/mol. The zero-order valence-corrected chi connectivity index (χ0v) is 11.6. The van der Waals surface area contributed by atoms with Gasteiger partial charge in [-0.2, -0.15) is 0 Å². The third kappa shape index (κ3) is 3.14. The molecule has 1 saturated heterocycles. The van der Waals surface area contributed by atoms with Gasteiger partial charge in [-0.1, -0.05) is 0 Å². The van der Waals surface area contributed by atoms with Gasteiger partial charge in [0.25, 0.3) is 0 Å². The molecule has 2 fully saturated rings. The van der Waals surface area contributed by atoms with Crippen molar-refractivity contribution in [2.45, 2.75) is 51.4 Å². The van der Waals surface area contributed by atoms with Crippen LogP contribution < -0.4 is 0 Å². The first-order valence-electron chi connectivity index (χ1n) is 6.77. The van der Waals surface area contributed by atoms with E-state index in [0.29, 0.717) is 19.1 Å². The molecule has 0 bridgehead atoms. The van der Waals surface area contributed by atoms with Gasteiger partial charge in [0.2, 0.25) is 0 Å². The largest absolute Gasteiger partial charge is 0.444 e. The standard InChI is InChI=1S/C13H24N2O3/c1-13(2,3)18-12(17)15-8-6-14(7-9-15)10-4-5-11(10)16/h10-11,16H,4-9H2,1-3H3/t10-,11?/m0/s1. The summed E-state index contributed by atoms with van der Waals surface area (Å²) in [5.74, 6) is 0. The molecular weight excluding hydrogens is 232 g/mol. The van der Waals surface area contributed by atoms with Crippen molar-refractivity contribution in [1.29, 1.82) is 0 Å². The maximum absolute atomic E-state index is 11.9. The molecule has 2 aliphatic rings. The average molecular weight is 256 g/mol. The van der Waals surface area contributed by atoms with Crippen molar-refractivity contribution in [3.8, 4) is 0 Å². The molecule has 0 aromatic rings. The van der Waals surface area contributed by atoms with Crippen molar-refractivity contribution in [3.63, 3.8) is 0 Å². The lowest BCUT2D eigenvalue weighted by molar-refractivity contribution is -0.0428. The number of aliphatic hydroxyl groups is 1. The van der Waals surface area contributed by atoms with E-state index in [1.807, 2.05) is 20.8 Å². The first kappa shape index (κ1) is 13.6. The predicted octanol–water partition coefficient (Wildman–Crippen LogP) is 1.06. The van der Waals surface area contributed by atoms with Gasteiger partial charge < -0.3 is 14.7 Å². The molecule has 2 rings (SSSR count). The molecule has 18 heavy (non-hydrogen) atoms. The summed E-state index contributed by atoms with van der Waals surface area (Å²) >= 11 is 0. The molecule has 2 atom stereocenters. The fourth-order valence-corrected chi connectivity index (χ4v) is 2.45. The highest BCUT2D eigenvalue weighted by molar-refractivity contribution is 5.68. The maximum atomic E-state index is 11.9. The van der Waals surface area contributed by atoms with Crippen LogP contribution in [0.4, 0.5) is 4.79 Å². The highest BCUT2D eigenvalue weighted by Gasteiger charge is 2.36. The topological polar surface area (TPSA) is 53.0 Å². The lowest BCUT2D eigenvalue weighted by Crippen LogP contribution is -2.58. The van der Waals surface area contributed by atoms with Crippen LogP contribution in [-0.4, -0.2) is 64.9 Å².